The maximum atomic E-state index is 13.3. The quantitative estimate of drug-likeness (QED) is 0.897. The summed E-state index contributed by atoms with van der Waals surface area (Å²) in [7, 11) is 0. The number of benzene rings is 1. The molecule has 2 rings (SSSR count). The molecule has 0 aromatic heterocycles. The van der Waals surface area contributed by atoms with Crippen molar-refractivity contribution in [2.45, 2.75) is 43.9 Å². The molecule has 1 unspecified atom stereocenters. The molecule has 122 valence electrons. The maximum Gasteiger partial charge on any atom is 0.423 e. The highest BCUT2D eigenvalue weighted by Gasteiger charge is 2.55. The van der Waals surface area contributed by atoms with Gasteiger partial charge in [-0.2, -0.15) is 13.2 Å². The number of carbonyl (C=O) groups is 1. The van der Waals surface area contributed by atoms with E-state index >= 15 is 0 Å². The second-order valence-electron chi connectivity index (χ2n) is 5.78. The molecule has 1 saturated carbocycles. The zero-order chi connectivity index (χ0) is 16.2. The van der Waals surface area contributed by atoms with E-state index < -0.39 is 24.2 Å². The number of alkyl halides is 3. The van der Waals surface area contributed by atoms with Crippen LogP contribution in [0.25, 0.3) is 0 Å². The lowest BCUT2D eigenvalue weighted by atomic mass is 9.88. The molecule has 6 heteroatoms. The van der Waals surface area contributed by atoms with Gasteiger partial charge < -0.3 is 10.4 Å². The Kier molecular flexibility index (Phi) is 5.11. The first-order chi connectivity index (χ1) is 10.3. The molecule has 1 atom stereocenters. The Balaban J connectivity index is 2.09. The fraction of sp³-hybridized carbons (Fsp3) is 0.562. The number of rotatable bonds is 4. The Bertz CT molecular complexity index is 498. The Morgan fingerprint density at radius 2 is 1.73 bits per heavy atom. The van der Waals surface area contributed by atoms with Gasteiger partial charge in [-0.25, -0.2) is 0 Å². The summed E-state index contributed by atoms with van der Waals surface area (Å²) in [6.07, 6.45) is -0.585. The second kappa shape index (κ2) is 6.69. The summed E-state index contributed by atoms with van der Waals surface area (Å²) in [6, 6.07) is 6.84. The van der Waals surface area contributed by atoms with Gasteiger partial charge in [0.25, 0.3) is 0 Å². The lowest BCUT2D eigenvalue weighted by Crippen LogP contribution is -2.52. The summed E-state index contributed by atoms with van der Waals surface area (Å²) in [4.78, 5) is 12.0. The smallest absolute Gasteiger partial charge is 0.375 e. The largest absolute Gasteiger partial charge is 0.423 e. The monoisotopic (exact) mass is 315 g/mol. The first-order valence-electron chi connectivity index (χ1n) is 7.47. The Hall–Kier alpha value is -1.56. The molecule has 1 amide bonds. The number of halogens is 3. The van der Waals surface area contributed by atoms with Crippen molar-refractivity contribution in [3.8, 4) is 0 Å². The summed E-state index contributed by atoms with van der Waals surface area (Å²) in [5, 5.41) is 12.4. The van der Waals surface area contributed by atoms with Crippen molar-refractivity contribution in [2.75, 3.05) is 6.54 Å². The summed E-state index contributed by atoms with van der Waals surface area (Å²) in [6.45, 7) is -0.865. The number of amides is 1. The van der Waals surface area contributed by atoms with Gasteiger partial charge in [0, 0.05) is 5.92 Å². The fourth-order valence-electron chi connectivity index (χ4n) is 2.80. The minimum Gasteiger partial charge on any atom is -0.375 e. The molecule has 0 heterocycles. The highest BCUT2D eigenvalue weighted by Crippen LogP contribution is 2.38. The van der Waals surface area contributed by atoms with Gasteiger partial charge in [-0.1, -0.05) is 49.6 Å². The van der Waals surface area contributed by atoms with Crippen LogP contribution in [0.2, 0.25) is 0 Å². The van der Waals surface area contributed by atoms with Crippen molar-refractivity contribution in [3.05, 3.63) is 35.9 Å². The van der Waals surface area contributed by atoms with Crippen molar-refractivity contribution >= 4 is 5.91 Å². The lowest BCUT2D eigenvalue weighted by Gasteiger charge is -2.32. The van der Waals surface area contributed by atoms with E-state index in [1.807, 2.05) is 0 Å². The molecule has 1 aromatic carbocycles. The van der Waals surface area contributed by atoms with Gasteiger partial charge in [0.2, 0.25) is 11.5 Å². The zero-order valence-electron chi connectivity index (χ0n) is 12.2. The van der Waals surface area contributed by atoms with Crippen LogP contribution >= 0.6 is 0 Å². The van der Waals surface area contributed by atoms with E-state index in [9.17, 15) is 23.1 Å². The first kappa shape index (κ1) is 16.8. The third kappa shape index (κ3) is 3.61. The third-order valence-electron chi connectivity index (χ3n) is 4.21. The predicted octanol–water partition coefficient (Wildman–Crippen LogP) is 3.13. The van der Waals surface area contributed by atoms with E-state index in [2.05, 4.69) is 5.32 Å². The van der Waals surface area contributed by atoms with Crippen LogP contribution in [0, 0.1) is 5.92 Å². The molecule has 1 aliphatic rings. The van der Waals surface area contributed by atoms with Crippen LogP contribution in [-0.4, -0.2) is 23.7 Å². The molecule has 0 bridgehead atoms. The predicted molar refractivity (Wildman–Crippen MR) is 76.0 cm³/mol. The van der Waals surface area contributed by atoms with Gasteiger partial charge >= 0.3 is 6.18 Å². The molecule has 3 nitrogen and oxygen atoms in total. The maximum absolute atomic E-state index is 13.3. The van der Waals surface area contributed by atoms with Gasteiger partial charge in [-0.3, -0.25) is 4.79 Å². The number of hydrogen-bond donors (Lipinski definition) is 2. The van der Waals surface area contributed by atoms with Gasteiger partial charge in [0.05, 0.1) is 6.54 Å². The van der Waals surface area contributed by atoms with E-state index in [1.54, 1.807) is 6.07 Å². The van der Waals surface area contributed by atoms with Crippen LogP contribution in [0.4, 0.5) is 13.2 Å². The highest BCUT2D eigenvalue weighted by molar-refractivity contribution is 5.78. The van der Waals surface area contributed by atoms with E-state index in [1.165, 1.54) is 24.3 Å². The summed E-state index contributed by atoms with van der Waals surface area (Å²) in [5.41, 5.74) is -3.34. The molecule has 22 heavy (non-hydrogen) atoms. The molecule has 0 aliphatic heterocycles. The molecule has 0 spiro atoms. The molecule has 1 aromatic rings. The molecular formula is C16H20F3NO2. The van der Waals surface area contributed by atoms with Crippen LogP contribution in [0.5, 0.6) is 0 Å². The van der Waals surface area contributed by atoms with Gasteiger partial charge in [-0.15, -0.1) is 0 Å². The van der Waals surface area contributed by atoms with Crippen LogP contribution < -0.4 is 5.32 Å². The lowest BCUT2D eigenvalue weighted by molar-refractivity contribution is -0.264. The van der Waals surface area contributed by atoms with Crippen LogP contribution in [-0.2, 0) is 10.4 Å². The fourth-order valence-corrected chi connectivity index (χ4v) is 2.80. The normalized spacial score (nSPS) is 19.5. The van der Waals surface area contributed by atoms with Crippen molar-refractivity contribution in [1.29, 1.82) is 0 Å². The number of hydrogen-bond acceptors (Lipinski definition) is 2. The number of aliphatic hydroxyl groups is 1. The molecule has 1 fully saturated rings. The van der Waals surface area contributed by atoms with Crippen molar-refractivity contribution < 1.29 is 23.1 Å². The zero-order valence-corrected chi connectivity index (χ0v) is 12.2. The summed E-state index contributed by atoms with van der Waals surface area (Å²) in [5.74, 6) is -0.652. The summed E-state index contributed by atoms with van der Waals surface area (Å²) < 4.78 is 39.8. The van der Waals surface area contributed by atoms with E-state index in [-0.39, 0.29) is 11.5 Å². The van der Waals surface area contributed by atoms with Crippen LogP contribution in [0.1, 0.15) is 37.7 Å². The molecule has 0 radical (unpaired) electrons. The average Bonchev–Trinajstić information content (AvgIpc) is 2.53. The average molecular weight is 315 g/mol. The van der Waals surface area contributed by atoms with Crippen molar-refractivity contribution in [2.24, 2.45) is 5.92 Å². The Morgan fingerprint density at radius 1 is 1.14 bits per heavy atom. The van der Waals surface area contributed by atoms with Crippen molar-refractivity contribution in [3.63, 3.8) is 0 Å². The van der Waals surface area contributed by atoms with E-state index in [0.29, 0.717) is 12.8 Å². The van der Waals surface area contributed by atoms with E-state index in [4.69, 9.17) is 0 Å². The Morgan fingerprint density at radius 3 is 2.27 bits per heavy atom. The van der Waals surface area contributed by atoms with Gasteiger partial charge in [0.1, 0.15) is 0 Å². The van der Waals surface area contributed by atoms with Gasteiger partial charge in [-0.05, 0) is 18.4 Å². The topological polar surface area (TPSA) is 49.3 Å². The number of nitrogens with one attached hydrogen (secondary N) is 1. The molecular weight excluding hydrogens is 295 g/mol. The van der Waals surface area contributed by atoms with Gasteiger partial charge in [0.15, 0.2) is 0 Å². The third-order valence-corrected chi connectivity index (χ3v) is 4.21. The van der Waals surface area contributed by atoms with Crippen molar-refractivity contribution in [1.82, 2.24) is 5.32 Å². The van der Waals surface area contributed by atoms with Crippen LogP contribution in [0.3, 0.4) is 0 Å². The SMILES string of the molecule is O=C(NCC(O)(c1ccccc1)C(F)(F)F)C1CCCCC1. The first-order valence-corrected chi connectivity index (χ1v) is 7.47. The summed E-state index contributed by atoms with van der Waals surface area (Å²) >= 11 is 0. The molecule has 2 N–H and O–H groups in total. The highest BCUT2D eigenvalue weighted by atomic mass is 19.4. The minimum atomic E-state index is -4.87. The second-order valence-corrected chi connectivity index (χ2v) is 5.78. The molecule has 1 aliphatic carbocycles. The minimum absolute atomic E-state index is 0.248. The number of carbonyl (C=O) groups excluding carboxylic acids is 1. The van der Waals surface area contributed by atoms with E-state index in [0.717, 1.165) is 19.3 Å². The van der Waals surface area contributed by atoms with Crippen LogP contribution in [0.15, 0.2) is 30.3 Å². The Labute approximate surface area is 127 Å². The standard InChI is InChI=1S/C16H20F3NO2/c17-16(18,19)15(22,13-9-5-2-6-10-13)11-20-14(21)12-7-3-1-4-8-12/h2,5-6,9-10,12,22H,1,3-4,7-8,11H2,(H,20,21). The molecule has 0 saturated heterocycles.